The summed E-state index contributed by atoms with van der Waals surface area (Å²) in [7, 11) is 0. The molecule has 1 heterocycles. The lowest BCUT2D eigenvalue weighted by molar-refractivity contribution is -0.149. The lowest BCUT2D eigenvalue weighted by Gasteiger charge is -2.33. The molecular formula is C27H42N4O4. The number of piperidine rings is 1. The molecule has 0 bridgehead atoms. The number of nitrogens with one attached hydrogen (secondary N) is 3. The van der Waals surface area contributed by atoms with E-state index < -0.39 is 17.7 Å². The SMILES string of the molecule is CC(C)C[C@@H](C(=O)NN(CC(C)C)C(=O)[C@@H]1CCCCN1)[C@H](CC=Cc1ccccc1)C(=O)NO. The maximum Gasteiger partial charge on any atom is 0.258 e. The first-order chi connectivity index (χ1) is 16.7. The van der Waals surface area contributed by atoms with Crippen LogP contribution in [0.5, 0.6) is 0 Å². The van der Waals surface area contributed by atoms with Crippen LogP contribution in [0.1, 0.15) is 65.4 Å². The number of allylic oxidation sites excluding steroid dienone is 1. The molecule has 1 saturated heterocycles. The van der Waals surface area contributed by atoms with Gasteiger partial charge in [0, 0.05) is 6.54 Å². The van der Waals surface area contributed by atoms with Crippen LogP contribution < -0.4 is 16.2 Å². The molecule has 0 saturated carbocycles. The smallest absolute Gasteiger partial charge is 0.258 e. The van der Waals surface area contributed by atoms with E-state index in [2.05, 4.69) is 10.7 Å². The van der Waals surface area contributed by atoms with Gasteiger partial charge in [-0.3, -0.25) is 30.0 Å². The van der Waals surface area contributed by atoms with Crippen LogP contribution in [-0.4, -0.2) is 47.1 Å². The molecule has 3 amide bonds. The Balaban J connectivity index is 2.23. The average molecular weight is 487 g/mol. The van der Waals surface area contributed by atoms with Crippen molar-refractivity contribution in [2.45, 2.75) is 65.8 Å². The lowest BCUT2D eigenvalue weighted by Crippen LogP contribution is -2.57. The summed E-state index contributed by atoms with van der Waals surface area (Å²) in [6.07, 6.45) is 7.19. The van der Waals surface area contributed by atoms with Crippen molar-refractivity contribution in [2.24, 2.45) is 23.7 Å². The number of hydrogen-bond acceptors (Lipinski definition) is 5. The van der Waals surface area contributed by atoms with Gasteiger partial charge >= 0.3 is 0 Å². The van der Waals surface area contributed by atoms with Gasteiger partial charge in [-0.15, -0.1) is 0 Å². The van der Waals surface area contributed by atoms with Crippen LogP contribution in [0, 0.1) is 23.7 Å². The molecule has 1 aliphatic heterocycles. The molecular weight excluding hydrogens is 444 g/mol. The normalized spacial score (nSPS) is 17.9. The first-order valence-electron chi connectivity index (χ1n) is 12.7. The fraction of sp³-hybridized carbons (Fsp3) is 0.593. The third-order valence-electron chi connectivity index (χ3n) is 6.16. The summed E-state index contributed by atoms with van der Waals surface area (Å²) in [6.45, 7) is 9.10. The predicted octanol–water partition coefficient (Wildman–Crippen LogP) is 3.53. The summed E-state index contributed by atoms with van der Waals surface area (Å²) in [5.41, 5.74) is 5.56. The zero-order valence-corrected chi connectivity index (χ0v) is 21.5. The molecule has 1 aliphatic rings. The van der Waals surface area contributed by atoms with Gasteiger partial charge < -0.3 is 5.32 Å². The average Bonchev–Trinajstić information content (AvgIpc) is 2.85. The summed E-state index contributed by atoms with van der Waals surface area (Å²) < 4.78 is 0. The van der Waals surface area contributed by atoms with Crippen molar-refractivity contribution in [1.29, 1.82) is 0 Å². The topological polar surface area (TPSA) is 111 Å². The van der Waals surface area contributed by atoms with Gasteiger partial charge in [0.05, 0.1) is 17.9 Å². The summed E-state index contributed by atoms with van der Waals surface area (Å²) in [5.74, 6) is -2.37. The minimum Gasteiger partial charge on any atom is -0.306 e. The van der Waals surface area contributed by atoms with E-state index in [-0.39, 0.29) is 36.1 Å². The molecule has 2 rings (SSSR count). The molecule has 0 aliphatic carbocycles. The molecule has 1 fully saturated rings. The maximum atomic E-state index is 13.5. The van der Waals surface area contributed by atoms with Crippen LogP contribution in [0.25, 0.3) is 6.08 Å². The summed E-state index contributed by atoms with van der Waals surface area (Å²) in [5, 5.41) is 14.1. The second-order valence-corrected chi connectivity index (χ2v) is 10.2. The van der Waals surface area contributed by atoms with Gasteiger partial charge in [-0.05, 0) is 49.6 Å². The number of benzene rings is 1. The number of rotatable bonds is 11. The standard InChI is InChI=1S/C27H42N4O4/c1-19(2)17-23(22(26(33)30-35)14-10-13-21-11-6-5-7-12-21)25(32)29-31(18-20(3)4)27(34)24-15-8-9-16-28-24/h5-7,10-13,19-20,22-24,28,35H,8-9,14-18H2,1-4H3,(H,29,32)(H,30,33)/t22-,23+,24-/m0/s1. The predicted molar refractivity (Wildman–Crippen MR) is 137 cm³/mol. The molecule has 8 heteroatoms. The number of carbonyl (C=O) groups is 3. The van der Waals surface area contributed by atoms with Crippen molar-refractivity contribution in [3.05, 3.63) is 42.0 Å². The summed E-state index contributed by atoms with van der Waals surface area (Å²) >= 11 is 0. The Morgan fingerprint density at radius 3 is 2.34 bits per heavy atom. The third-order valence-corrected chi connectivity index (χ3v) is 6.16. The largest absolute Gasteiger partial charge is 0.306 e. The molecule has 1 aromatic carbocycles. The van der Waals surface area contributed by atoms with E-state index in [0.717, 1.165) is 31.4 Å². The number of nitrogens with zero attached hydrogens (tertiary/aromatic N) is 1. The molecule has 4 N–H and O–H groups in total. The number of amides is 3. The van der Waals surface area contributed by atoms with Crippen LogP contribution in [0.2, 0.25) is 0 Å². The van der Waals surface area contributed by atoms with E-state index in [0.29, 0.717) is 13.0 Å². The minimum absolute atomic E-state index is 0.132. The molecule has 8 nitrogen and oxygen atoms in total. The van der Waals surface area contributed by atoms with E-state index in [9.17, 15) is 19.6 Å². The monoisotopic (exact) mass is 486 g/mol. The Morgan fingerprint density at radius 2 is 1.77 bits per heavy atom. The first kappa shape index (κ1) is 28.5. The van der Waals surface area contributed by atoms with Gasteiger partial charge in [0.2, 0.25) is 11.8 Å². The fourth-order valence-corrected chi connectivity index (χ4v) is 4.44. The van der Waals surface area contributed by atoms with Gasteiger partial charge in [0.15, 0.2) is 0 Å². The van der Waals surface area contributed by atoms with Crippen molar-refractivity contribution < 1.29 is 19.6 Å². The van der Waals surface area contributed by atoms with Crippen molar-refractivity contribution in [2.75, 3.05) is 13.1 Å². The molecule has 194 valence electrons. The van der Waals surface area contributed by atoms with Crippen molar-refractivity contribution >= 4 is 23.8 Å². The zero-order chi connectivity index (χ0) is 25.8. The number of carbonyl (C=O) groups excluding carboxylic acids is 3. The Hall–Kier alpha value is -2.71. The molecule has 0 aromatic heterocycles. The van der Waals surface area contributed by atoms with Crippen LogP contribution in [0.15, 0.2) is 36.4 Å². The quantitative estimate of drug-likeness (QED) is 0.282. The van der Waals surface area contributed by atoms with Gasteiger partial charge in [0.1, 0.15) is 0 Å². The van der Waals surface area contributed by atoms with Crippen LogP contribution in [-0.2, 0) is 14.4 Å². The van der Waals surface area contributed by atoms with E-state index in [1.54, 1.807) is 5.48 Å². The third kappa shape index (κ3) is 9.45. The van der Waals surface area contributed by atoms with E-state index in [4.69, 9.17) is 0 Å². The molecule has 1 aromatic rings. The molecule has 3 atom stereocenters. The summed E-state index contributed by atoms with van der Waals surface area (Å²) in [4.78, 5) is 39.4. The van der Waals surface area contributed by atoms with E-state index in [1.807, 2.05) is 70.2 Å². The highest BCUT2D eigenvalue weighted by Crippen LogP contribution is 2.26. The minimum atomic E-state index is -0.786. The van der Waals surface area contributed by atoms with Crippen LogP contribution >= 0.6 is 0 Å². The highest BCUT2D eigenvalue weighted by atomic mass is 16.5. The second-order valence-electron chi connectivity index (χ2n) is 10.2. The van der Waals surface area contributed by atoms with Gasteiger partial charge in [0.25, 0.3) is 5.91 Å². The molecule has 0 radical (unpaired) electrons. The van der Waals surface area contributed by atoms with Gasteiger partial charge in [-0.25, -0.2) is 5.48 Å². The molecule has 0 unspecified atom stereocenters. The van der Waals surface area contributed by atoms with Crippen molar-refractivity contribution in [1.82, 2.24) is 21.2 Å². The number of hydrazine groups is 1. The van der Waals surface area contributed by atoms with E-state index >= 15 is 0 Å². The Bertz CT molecular complexity index is 835. The molecule has 0 spiro atoms. The zero-order valence-electron chi connectivity index (χ0n) is 21.5. The van der Waals surface area contributed by atoms with Gasteiger partial charge in [-0.1, -0.05) is 76.6 Å². The lowest BCUT2D eigenvalue weighted by atomic mass is 9.82. The number of hydrogen-bond donors (Lipinski definition) is 4. The molecule has 35 heavy (non-hydrogen) atoms. The highest BCUT2D eigenvalue weighted by Gasteiger charge is 2.36. The Morgan fingerprint density at radius 1 is 1.06 bits per heavy atom. The first-order valence-corrected chi connectivity index (χ1v) is 12.7. The summed E-state index contributed by atoms with van der Waals surface area (Å²) in [6, 6.07) is 9.35. The fourth-order valence-electron chi connectivity index (χ4n) is 4.44. The maximum absolute atomic E-state index is 13.5. The highest BCUT2D eigenvalue weighted by molar-refractivity contribution is 5.90. The number of hydroxylamine groups is 1. The van der Waals surface area contributed by atoms with Crippen molar-refractivity contribution in [3.63, 3.8) is 0 Å². The van der Waals surface area contributed by atoms with E-state index in [1.165, 1.54) is 5.01 Å². The second kappa shape index (κ2) is 14.6. The van der Waals surface area contributed by atoms with Crippen LogP contribution in [0.3, 0.4) is 0 Å². The Labute approximate surface area is 209 Å². The Kier molecular flexibility index (Phi) is 11.9. The van der Waals surface area contributed by atoms with Gasteiger partial charge in [-0.2, -0.15) is 0 Å². The van der Waals surface area contributed by atoms with Crippen LogP contribution in [0.4, 0.5) is 0 Å². The van der Waals surface area contributed by atoms with Crippen molar-refractivity contribution in [3.8, 4) is 0 Å².